The fourth-order valence-electron chi connectivity index (χ4n) is 1.81. The first-order valence-electron chi connectivity index (χ1n) is 5.75. The summed E-state index contributed by atoms with van der Waals surface area (Å²) in [4.78, 5) is 0. The van der Waals surface area contributed by atoms with Gasteiger partial charge in [-0.3, -0.25) is 0 Å². The Morgan fingerprint density at radius 3 is 2.37 bits per heavy atom. The van der Waals surface area contributed by atoms with Crippen molar-refractivity contribution in [2.75, 3.05) is 0 Å². The van der Waals surface area contributed by atoms with Crippen LogP contribution in [0.2, 0.25) is 0 Å². The second kappa shape index (κ2) is 4.74. The summed E-state index contributed by atoms with van der Waals surface area (Å²) in [7, 11) is 0. The Labute approximate surface area is 108 Å². The molecule has 0 amide bonds. The SMILES string of the molecule is Cc1ccc(-c2ccc(C(C)O)o2)cc1C(F)(F)F. The van der Waals surface area contributed by atoms with Gasteiger partial charge in [-0.05, 0) is 37.6 Å². The molecule has 1 N–H and O–H groups in total. The lowest BCUT2D eigenvalue weighted by atomic mass is 10.0. The summed E-state index contributed by atoms with van der Waals surface area (Å²) in [6.45, 7) is 2.94. The smallest absolute Gasteiger partial charge is 0.416 e. The van der Waals surface area contributed by atoms with E-state index in [-0.39, 0.29) is 5.56 Å². The van der Waals surface area contributed by atoms with Crippen LogP contribution >= 0.6 is 0 Å². The van der Waals surface area contributed by atoms with Crippen molar-refractivity contribution in [2.45, 2.75) is 26.1 Å². The first kappa shape index (κ1) is 13.7. The topological polar surface area (TPSA) is 33.4 Å². The van der Waals surface area contributed by atoms with Crippen LogP contribution in [0.15, 0.2) is 34.7 Å². The van der Waals surface area contributed by atoms with Gasteiger partial charge < -0.3 is 9.52 Å². The largest absolute Gasteiger partial charge is 0.458 e. The highest BCUT2D eigenvalue weighted by molar-refractivity contribution is 5.60. The summed E-state index contributed by atoms with van der Waals surface area (Å²) in [5.74, 6) is 0.630. The normalized spacial score (nSPS) is 13.6. The van der Waals surface area contributed by atoms with Gasteiger partial charge in [-0.15, -0.1) is 0 Å². The van der Waals surface area contributed by atoms with Crippen molar-refractivity contribution in [2.24, 2.45) is 0 Å². The number of hydrogen-bond donors (Lipinski definition) is 1. The Bertz CT molecular complexity index is 583. The Morgan fingerprint density at radius 1 is 1.16 bits per heavy atom. The van der Waals surface area contributed by atoms with E-state index in [1.54, 1.807) is 18.2 Å². The van der Waals surface area contributed by atoms with Gasteiger partial charge >= 0.3 is 6.18 Å². The van der Waals surface area contributed by atoms with Crippen LogP contribution in [-0.2, 0) is 6.18 Å². The van der Waals surface area contributed by atoms with Crippen LogP contribution in [0, 0.1) is 6.92 Å². The second-order valence-corrected chi connectivity index (χ2v) is 4.41. The molecule has 1 aromatic carbocycles. The zero-order chi connectivity index (χ0) is 14.2. The number of aliphatic hydroxyl groups is 1. The average molecular weight is 270 g/mol. The van der Waals surface area contributed by atoms with Crippen LogP contribution in [0.1, 0.15) is 29.9 Å². The minimum absolute atomic E-state index is 0.165. The molecule has 0 saturated carbocycles. The van der Waals surface area contributed by atoms with Gasteiger partial charge in [0, 0.05) is 5.56 Å². The first-order valence-corrected chi connectivity index (χ1v) is 5.75. The zero-order valence-corrected chi connectivity index (χ0v) is 10.5. The van der Waals surface area contributed by atoms with Crippen molar-refractivity contribution < 1.29 is 22.7 Å². The van der Waals surface area contributed by atoms with Crippen molar-refractivity contribution in [1.82, 2.24) is 0 Å². The molecule has 5 heteroatoms. The maximum Gasteiger partial charge on any atom is 0.416 e. The third-order valence-corrected chi connectivity index (χ3v) is 2.87. The van der Waals surface area contributed by atoms with E-state index in [1.165, 1.54) is 19.9 Å². The molecule has 1 heterocycles. The maximum atomic E-state index is 12.8. The Kier molecular flexibility index (Phi) is 3.41. The number of aliphatic hydroxyl groups excluding tert-OH is 1. The molecule has 0 radical (unpaired) electrons. The monoisotopic (exact) mass is 270 g/mol. The molecule has 102 valence electrons. The van der Waals surface area contributed by atoms with Gasteiger partial charge in [0.05, 0.1) is 5.56 Å². The molecule has 2 nitrogen and oxygen atoms in total. The summed E-state index contributed by atoms with van der Waals surface area (Å²) >= 11 is 0. The lowest BCUT2D eigenvalue weighted by Crippen LogP contribution is -2.07. The standard InChI is InChI=1S/C14H13F3O2/c1-8-3-4-10(7-11(8)14(15,16)17)13-6-5-12(19-13)9(2)18/h3-7,9,18H,1-2H3. The van der Waals surface area contributed by atoms with E-state index in [9.17, 15) is 18.3 Å². The van der Waals surface area contributed by atoms with Crippen molar-refractivity contribution in [3.8, 4) is 11.3 Å². The van der Waals surface area contributed by atoms with E-state index in [2.05, 4.69) is 0 Å². The third kappa shape index (κ3) is 2.81. The average Bonchev–Trinajstić information content (AvgIpc) is 2.77. The summed E-state index contributed by atoms with van der Waals surface area (Å²) in [5.41, 5.74) is -0.177. The molecular formula is C14H13F3O2. The predicted octanol–water partition coefficient (Wildman–Crippen LogP) is 4.33. The molecule has 0 spiro atoms. The number of benzene rings is 1. The fraction of sp³-hybridized carbons (Fsp3) is 0.286. The lowest BCUT2D eigenvalue weighted by Gasteiger charge is -2.11. The number of alkyl halides is 3. The summed E-state index contributed by atoms with van der Waals surface area (Å²) in [6, 6.07) is 7.12. The number of rotatable bonds is 2. The molecule has 0 aliphatic rings. The van der Waals surface area contributed by atoms with E-state index < -0.39 is 17.8 Å². The summed E-state index contributed by atoms with van der Waals surface area (Å²) in [5, 5.41) is 9.34. The van der Waals surface area contributed by atoms with Crippen LogP contribution in [0.3, 0.4) is 0 Å². The quantitative estimate of drug-likeness (QED) is 0.881. The van der Waals surface area contributed by atoms with Crippen LogP contribution in [-0.4, -0.2) is 5.11 Å². The Balaban J connectivity index is 2.45. The van der Waals surface area contributed by atoms with Crippen molar-refractivity contribution in [3.63, 3.8) is 0 Å². The number of hydrogen-bond acceptors (Lipinski definition) is 2. The minimum Gasteiger partial charge on any atom is -0.458 e. The highest BCUT2D eigenvalue weighted by atomic mass is 19.4. The fourth-order valence-corrected chi connectivity index (χ4v) is 1.81. The van der Waals surface area contributed by atoms with E-state index in [1.807, 2.05) is 0 Å². The van der Waals surface area contributed by atoms with Crippen molar-refractivity contribution >= 4 is 0 Å². The summed E-state index contributed by atoms with van der Waals surface area (Å²) in [6.07, 6.45) is -5.18. The second-order valence-electron chi connectivity index (χ2n) is 4.41. The summed E-state index contributed by atoms with van der Waals surface area (Å²) < 4.78 is 43.7. The van der Waals surface area contributed by atoms with Gasteiger partial charge in [-0.1, -0.05) is 12.1 Å². The molecular weight excluding hydrogens is 257 g/mol. The first-order chi connectivity index (χ1) is 8.79. The lowest BCUT2D eigenvalue weighted by molar-refractivity contribution is -0.138. The highest BCUT2D eigenvalue weighted by Gasteiger charge is 2.32. The van der Waals surface area contributed by atoms with Gasteiger partial charge in [0.25, 0.3) is 0 Å². The number of halogens is 3. The van der Waals surface area contributed by atoms with E-state index in [0.717, 1.165) is 6.07 Å². The van der Waals surface area contributed by atoms with E-state index >= 15 is 0 Å². The van der Waals surface area contributed by atoms with Crippen molar-refractivity contribution in [1.29, 1.82) is 0 Å². The molecule has 1 aromatic heterocycles. The third-order valence-electron chi connectivity index (χ3n) is 2.87. The van der Waals surface area contributed by atoms with Gasteiger partial charge in [-0.2, -0.15) is 13.2 Å². The van der Waals surface area contributed by atoms with E-state index in [4.69, 9.17) is 4.42 Å². The van der Waals surface area contributed by atoms with Gasteiger partial charge in [-0.25, -0.2) is 0 Å². The zero-order valence-electron chi connectivity index (χ0n) is 10.5. The van der Waals surface area contributed by atoms with Crippen LogP contribution < -0.4 is 0 Å². The molecule has 0 fully saturated rings. The molecule has 1 unspecified atom stereocenters. The Hall–Kier alpha value is -1.75. The molecule has 0 aliphatic heterocycles. The molecule has 2 aromatic rings. The molecule has 0 saturated heterocycles. The minimum atomic E-state index is -4.39. The Morgan fingerprint density at radius 2 is 1.84 bits per heavy atom. The van der Waals surface area contributed by atoms with Gasteiger partial charge in [0.2, 0.25) is 0 Å². The molecule has 0 aliphatic carbocycles. The number of furan rings is 1. The molecule has 0 bridgehead atoms. The van der Waals surface area contributed by atoms with Gasteiger partial charge in [0.1, 0.15) is 17.6 Å². The van der Waals surface area contributed by atoms with Crippen LogP contribution in [0.4, 0.5) is 13.2 Å². The molecule has 1 atom stereocenters. The highest BCUT2D eigenvalue weighted by Crippen LogP contribution is 2.35. The van der Waals surface area contributed by atoms with Crippen LogP contribution in [0.5, 0.6) is 0 Å². The van der Waals surface area contributed by atoms with Crippen LogP contribution in [0.25, 0.3) is 11.3 Å². The number of aryl methyl sites for hydroxylation is 1. The van der Waals surface area contributed by atoms with E-state index in [0.29, 0.717) is 17.1 Å². The predicted molar refractivity (Wildman–Crippen MR) is 64.5 cm³/mol. The van der Waals surface area contributed by atoms with Gasteiger partial charge in [0.15, 0.2) is 0 Å². The van der Waals surface area contributed by atoms with Crippen molar-refractivity contribution in [3.05, 3.63) is 47.2 Å². The molecule has 2 rings (SSSR count). The molecule has 19 heavy (non-hydrogen) atoms. The maximum absolute atomic E-state index is 12.8.